The van der Waals surface area contributed by atoms with E-state index in [9.17, 15) is 4.79 Å². The first-order valence-electron chi connectivity index (χ1n) is 10.4. The number of nitrogens with zero attached hydrogens (tertiary/aromatic N) is 2. The van der Waals surface area contributed by atoms with Crippen LogP contribution in [0.1, 0.15) is 17.2 Å². The van der Waals surface area contributed by atoms with Gasteiger partial charge in [0, 0.05) is 25.2 Å². The standard InChI is InChI=1S/C26H22ClN3O2/c1-16-14-28-25-21(10-5-11-22(25)27)24(16)18-7-4-9-20(13-18)32-19-8-3-6-17(12-19)23-15-29-26(31)30(23)2/h3-14,23H,15H2,1-2H3,(H,29,31). The van der Waals surface area contributed by atoms with E-state index >= 15 is 0 Å². The number of carbonyl (C=O) groups is 1. The van der Waals surface area contributed by atoms with Crippen LogP contribution < -0.4 is 10.1 Å². The van der Waals surface area contributed by atoms with Gasteiger partial charge in [-0.05, 0) is 59.5 Å². The summed E-state index contributed by atoms with van der Waals surface area (Å²) in [6.45, 7) is 2.64. The maximum Gasteiger partial charge on any atom is 0.317 e. The molecule has 1 unspecified atom stereocenters. The van der Waals surface area contributed by atoms with Crippen molar-refractivity contribution in [1.82, 2.24) is 15.2 Å². The Morgan fingerprint density at radius 2 is 1.81 bits per heavy atom. The van der Waals surface area contributed by atoms with Crippen LogP contribution in [0.5, 0.6) is 11.5 Å². The normalized spacial score (nSPS) is 15.8. The number of likely N-dealkylation sites (N-methyl/N-ethyl adjacent to an activating group) is 1. The zero-order valence-electron chi connectivity index (χ0n) is 17.8. The molecule has 0 spiro atoms. The molecule has 160 valence electrons. The zero-order valence-corrected chi connectivity index (χ0v) is 18.6. The van der Waals surface area contributed by atoms with E-state index in [0.717, 1.165) is 44.7 Å². The Balaban J connectivity index is 1.49. The minimum atomic E-state index is -0.0610. The van der Waals surface area contributed by atoms with E-state index in [0.29, 0.717) is 11.6 Å². The van der Waals surface area contributed by atoms with Gasteiger partial charge in [0.1, 0.15) is 11.5 Å². The molecular weight excluding hydrogens is 422 g/mol. The number of urea groups is 1. The third-order valence-corrected chi connectivity index (χ3v) is 6.18. The number of pyridine rings is 1. The fourth-order valence-electron chi connectivity index (χ4n) is 4.23. The number of hydrogen-bond donors (Lipinski definition) is 1. The third-order valence-electron chi connectivity index (χ3n) is 5.87. The largest absolute Gasteiger partial charge is 0.457 e. The van der Waals surface area contributed by atoms with E-state index in [1.165, 1.54) is 0 Å². The van der Waals surface area contributed by atoms with Gasteiger partial charge in [-0.2, -0.15) is 0 Å². The van der Waals surface area contributed by atoms with Crippen LogP contribution in [0.15, 0.2) is 72.9 Å². The smallest absolute Gasteiger partial charge is 0.317 e. The highest BCUT2D eigenvalue weighted by molar-refractivity contribution is 6.35. The first-order chi connectivity index (χ1) is 15.5. The van der Waals surface area contributed by atoms with Gasteiger partial charge in [0.15, 0.2) is 0 Å². The topological polar surface area (TPSA) is 54.5 Å². The van der Waals surface area contributed by atoms with Crippen LogP contribution in [-0.4, -0.2) is 29.5 Å². The molecule has 1 aliphatic heterocycles. The molecule has 1 aromatic heterocycles. The summed E-state index contributed by atoms with van der Waals surface area (Å²) in [5.41, 5.74) is 5.02. The minimum absolute atomic E-state index is 0.00651. The lowest BCUT2D eigenvalue weighted by Crippen LogP contribution is -2.25. The molecule has 32 heavy (non-hydrogen) atoms. The number of hydrogen-bond acceptors (Lipinski definition) is 3. The Hall–Kier alpha value is -3.57. The maximum absolute atomic E-state index is 11.8. The summed E-state index contributed by atoms with van der Waals surface area (Å²) in [6.07, 6.45) is 1.86. The Kier molecular flexibility index (Phi) is 5.19. The molecule has 0 saturated carbocycles. The molecule has 0 bridgehead atoms. The lowest BCUT2D eigenvalue weighted by Gasteiger charge is -2.19. The maximum atomic E-state index is 11.8. The number of amides is 2. The van der Waals surface area contributed by atoms with Crippen molar-refractivity contribution >= 4 is 28.5 Å². The Morgan fingerprint density at radius 3 is 2.59 bits per heavy atom. The third kappa shape index (κ3) is 3.65. The molecule has 1 saturated heterocycles. The number of benzene rings is 3. The summed E-state index contributed by atoms with van der Waals surface area (Å²) in [5.74, 6) is 1.46. The fraction of sp³-hybridized carbons (Fsp3) is 0.154. The Labute approximate surface area is 191 Å². The van der Waals surface area contributed by atoms with Crippen molar-refractivity contribution in [3.05, 3.63) is 89.1 Å². The highest BCUT2D eigenvalue weighted by atomic mass is 35.5. The summed E-state index contributed by atoms with van der Waals surface area (Å²) >= 11 is 6.38. The average Bonchev–Trinajstić information content (AvgIpc) is 3.12. The highest BCUT2D eigenvalue weighted by Gasteiger charge is 2.28. The van der Waals surface area contributed by atoms with Gasteiger partial charge in [0.25, 0.3) is 0 Å². The molecular formula is C26H22ClN3O2. The van der Waals surface area contributed by atoms with Crippen molar-refractivity contribution in [2.24, 2.45) is 0 Å². The molecule has 1 aliphatic rings. The summed E-state index contributed by atoms with van der Waals surface area (Å²) < 4.78 is 6.21. The van der Waals surface area contributed by atoms with E-state index in [-0.39, 0.29) is 12.1 Å². The van der Waals surface area contributed by atoms with Gasteiger partial charge in [0.2, 0.25) is 0 Å². The number of aromatic nitrogens is 1. The van der Waals surface area contributed by atoms with E-state index in [1.807, 2.05) is 73.8 Å². The van der Waals surface area contributed by atoms with Crippen LogP contribution in [0.3, 0.4) is 0 Å². The van der Waals surface area contributed by atoms with Crippen LogP contribution in [0.4, 0.5) is 4.79 Å². The summed E-state index contributed by atoms with van der Waals surface area (Å²) in [7, 11) is 1.80. The van der Waals surface area contributed by atoms with Crippen molar-refractivity contribution in [2.45, 2.75) is 13.0 Å². The van der Waals surface area contributed by atoms with Crippen molar-refractivity contribution < 1.29 is 9.53 Å². The SMILES string of the molecule is Cc1cnc2c(Cl)cccc2c1-c1cccc(Oc2cccc(C3CNC(=O)N3C)c2)c1. The second kappa shape index (κ2) is 8.17. The summed E-state index contributed by atoms with van der Waals surface area (Å²) in [5, 5.41) is 4.52. The molecule has 6 heteroatoms. The van der Waals surface area contributed by atoms with Crippen LogP contribution in [0, 0.1) is 6.92 Å². The molecule has 2 amide bonds. The lowest BCUT2D eigenvalue weighted by atomic mass is 9.97. The van der Waals surface area contributed by atoms with E-state index in [1.54, 1.807) is 11.9 Å². The molecule has 0 radical (unpaired) electrons. The van der Waals surface area contributed by atoms with Gasteiger partial charge in [-0.15, -0.1) is 0 Å². The van der Waals surface area contributed by atoms with Crippen molar-refractivity contribution in [3.63, 3.8) is 0 Å². The predicted molar refractivity (Wildman–Crippen MR) is 127 cm³/mol. The van der Waals surface area contributed by atoms with Gasteiger partial charge in [-0.25, -0.2) is 4.79 Å². The molecule has 0 aliphatic carbocycles. The number of para-hydroxylation sites is 1. The number of aryl methyl sites for hydroxylation is 1. The van der Waals surface area contributed by atoms with Crippen molar-refractivity contribution in [3.8, 4) is 22.6 Å². The zero-order chi connectivity index (χ0) is 22.2. The average molecular weight is 444 g/mol. The van der Waals surface area contributed by atoms with Gasteiger partial charge in [-0.3, -0.25) is 4.98 Å². The van der Waals surface area contributed by atoms with Crippen molar-refractivity contribution in [2.75, 3.05) is 13.6 Å². The number of halogens is 1. The molecule has 1 fully saturated rings. The number of fused-ring (bicyclic) bond motifs is 1. The van der Waals surface area contributed by atoms with Crippen molar-refractivity contribution in [1.29, 1.82) is 0 Å². The van der Waals surface area contributed by atoms with Gasteiger partial charge in [-0.1, -0.05) is 48.0 Å². The summed E-state index contributed by atoms with van der Waals surface area (Å²) in [4.78, 5) is 18.0. The second-order valence-electron chi connectivity index (χ2n) is 7.97. The first-order valence-corrected chi connectivity index (χ1v) is 10.8. The van der Waals surface area contributed by atoms with Crippen LogP contribution in [0.25, 0.3) is 22.0 Å². The molecule has 1 atom stereocenters. The monoisotopic (exact) mass is 443 g/mol. The van der Waals surface area contributed by atoms with Gasteiger partial charge in [0.05, 0.1) is 16.6 Å². The Bertz CT molecular complexity index is 1340. The van der Waals surface area contributed by atoms with Crippen LogP contribution in [0.2, 0.25) is 5.02 Å². The van der Waals surface area contributed by atoms with Gasteiger partial charge >= 0.3 is 6.03 Å². The van der Waals surface area contributed by atoms with E-state index in [4.69, 9.17) is 16.3 Å². The number of carbonyl (C=O) groups excluding carboxylic acids is 1. The first kappa shape index (κ1) is 20.3. The van der Waals surface area contributed by atoms with Crippen LogP contribution >= 0.6 is 11.6 Å². The molecule has 3 aromatic carbocycles. The Morgan fingerprint density at radius 1 is 1.06 bits per heavy atom. The molecule has 5 nitrogen and oxygen atoms in total. The molecule has 4 aromatic rings. The highest BCUT2D eigenvalue weighted by Crippen LogP contribution is 2.36. The predicted octanol–water partition coefficient (Wildman–Crippen LogP) is 6.35. The quantitative estimate of drug-likeness (QED) is 0.399. The van der Waals surface area contributed by atoms with Gasteiger partial charge < -0.3 is 15.0 Å². The summed E-state index contributed by atoms with van der Waals surface area (Å²) in [6, 6.07) is 21.7. The second-order valence-corrected chi connectivity index (χ2v) is 8.37. The molecule has 1 N–H and O–H groups in total. The molecule has 2 heterocycles. The fourth-order valence-corrected chi connectivity index (χ4v) is 4.46. The van der Waals surface area contributed by atoms with E-state index in [2.05, 4.69) is 16.4 Å². The lowest BCUT2D eigenvalue weighted by molar-refractivity contribution is 0.216. The number of rotatable bonds is 4. The number of nitrogens with one attached hydrogen (secondary N) is 1. The molecule has 5 rings (SSSR count). The van der Waals surface area contributed by atoms with Crippen LogP contribution in [-0.2, 0) is 0 Å². The minimum Gasteiger partial charge on any atom is -0.457 e. The van der Waals surface area contributed by atoms with E-state index < -0.39 is 0 Å². The number of ether oxygens (including phenoxy) is 1.